The minimum atomic E-state index is -3.20. The van der Waals surface area contributed by atoms with E-state index in [0.717, 1.165) is 23.1 Å². The molecule has 7 heteroatoms. The van der Waals surface area contributed by atoms with Crippen molar-refractivity contribution in [2.45, 2.75) is 46.2 Å². The highest BCUT2D eigenvalue weighted by molar-refractivity contribution is 7.91. The summed E-state index contributed by atoms with van der Waals surface area (Å²) in [6.45, 7) is 6.05. The summed E-state index contributed by atoms with van der Waals surface area (Å²) in [5.74, 6) is -0.562. The largest absolute Gasteiger partial charge is 0.450 e. The minimum absolute atomic E-state index is 0.0519. The molecule has 1 aliphatic rings. The van der Waals surface area contributed by atoms with Crippen LogP contribution in [0.3, 0.4) is 0 Å². The van der Waals surface area contributed by atoms with E-state index in [2.05, 4.69) is 6.92 Å². The number of aryl methyl sites for hydroxylation is 3. The molecule has 168 valence electrons. The van der Waals surface area contributed by atoms with Crippen LogP contribution in [0.1, 0.15) is 46.2 Å². The van der Waals surface area contributed by atoms with Crippen molar-refractivity contribution >= 4 is 26.7 Å². The number of sulfone groups is 1. The third-order valence-electron chi connectivity index (χ3n) is 6.06. The van der Waals surface area contributed by atoms with E-state index in [1.165, 1.54) is 11.6 Å². The van der Waals surface area contributed by atoms with E-state index in [9.17, 15) is 18.0 Å². The van der Waals surface area contributed by atoms with Crippen molar-refractivity contribution in [1.29, 1.82) is 0 Å². The number of carbonyl (C=O) groups excluding carboxylic acids is 1. The first-order valence-electron chi connectivity index (χ1n) is 10.8. The summed E-state index contributed by atoms with van der Waals surface area (Å²) < 4.78 is 30.2. The number of fused-ring (bicyclic) bond motifs is 1. The van der Waals surface area contributed by atoms with Gasteiger partial charge >= 0.3 is 0 Å². The number of hydrogen-bond acceptors (Lipinski definition) is 5. The number of amides is 1. The first-order valence-corrected chi connectivity index (χ1v) is 12.6. The molecule has 0 aliphatic carbocycles. The van der Waals surface area contributed by atoms with E-state index in [0.29, 0.717) is 17.4 Å². The third kappa shape index (κ3) is 4.48. The number of nitrogens with zero attached hydrogens (tertiary/aromatic N) is 1. The van der Waals surface area contributed by atoms with Crippen LogP contribution in [0.15, 0.2) is 51.7 Å². The maximum absolute atomic E-state index is 13.5. The van der Waals surface area contributed by atoms with Crippen LogP contribution >= 0.6 is 0 Å². The lowest BCUT2D eigenvalue weighted by molar-refractivity contribution is 0.0648. The monoisotopic (exact) mass is 453 g/mol. The first-order chi connectivity index (χ1) is 15.2. The minimum Gasteiger partial charge on any atom is -0.450 e. The molecule has 1 aromatic heterocycles. The normalized spacial score (nSPS) is 17.5. The SMILES string of the molecule is CCc1ccc(CN(C(=O)c2cc(=O)c3cc(C)cc(C)c3o2)C2CCS(=O)(=O)C2)cc1. The summed E-state index contributed by atoms with van der Waals surface area (Å²) in [4.78, 5) is 27.8. The van der Waals surface area contributed by atoms with Crippen molar-refractivity contribution < 1.29 is 17.6 Å². The molecule has 1 aliphatic heterocycles. The summed E-state index contributed by atoms with van der Waals surface area (Å²) >= 11 is 0. The Morgan fingerprint density at radius 3 is 2.41 bits per heavy atom. The smallest absolute Gasteiger partial charge is 0.290 e. The van der Waals surface area contributed by atoms with Crippen molar-refractivity contribution in [3.05, 3.63) is 80.7 Å². The highest BCUT2D eigenvalue weighted by atomic mass is 32.2. The standard InChI is InChI=1S/C25H27NO5S/c1-4-18-5-7-19(8-6-18)14-26(20-9-10-32(29,30)15-20)25(28)23-13-22(27)21-12-16(2)11-17(3)24(21)31-23/h5-8,11-13,20H,4,9-10,14-15H2,1-3H3. The van der Waals surface area contributed by atoms with Crippen LogP contribution in [0.2, 0.25) is 0 Å². The molecule has 0 radical (unpaired) electrons. The summed E-state index contributed by atoms with van der Waals surface area (Å²) in [6.07, 6.45) is 1.28. The van der Waals surface area contributed by atoms with Gasteiger partial charge in [0.05, 0.1) is 16.9 Å². The zero-order chi connectivity index (χ0) is 23.0. The molecule has 2 heterocycles. The molecule has 0 spiro atoms. The average Bonchev–Trinajstić information content (AvgIpc) is 3.12. The van der Waals surface area contributed by atoms with E-state index >= 15 is 0 Å². The van der Waals surface area contributed by atoms with Gasteiger partial charge in [0.15, 0.2) is 21.0 Å². The van der Waals surface area contributed by atoms with Crippen LogP contribution in [-0.2, 0) is 22.8 Å². The lowest BCUT2D eigenvalue weighted by atomic mass is 10.1. The lowest BCUT2D eigenvalue weighted by Gasteiger charge is -2.28. The maximum Gasteiger partial charge on any atom is 0.290 e. The van der Waals surface area contributed by atoms with Gasteiger partial charge in [-0.3, -0.25) is 9.59 Å². The second-order valence-electron chi connectivity index (χ2n) is 8.59. The molecule has 1 amide bonds. The Morgan fingerprint density at radius 1 is 1.09 bits per heavy atom. The molecule has 3 aromatic rings. The Labute approximate surface area is 187 Å². The van der Waals surface area contributed by atoms with Gasteiger partial charge in [-0.2, -0.15) is 0 Å². The molecule has 6 nitrogen and oxygen atoms in total. The lowest BCUT2D eigenvalue weighted by Crippen LogP contribution is -2.41. The predicted molar refractivity (Wildman–Crippen MR) is 125 cm³/mol. The van der Waals surface area contributed by atoms with Gasteiger partial charge in [-0.25, -0.2) is 8.42 Å². The number of hydrogen-bond donors (Lipinski definition) is 0. The molecule has 0 saturated carbocycles. The van der Waals surface area contributed by atoms with Gasteiger partial charge < -0.3 is 9.32 Å². The van der Waals surface area contributed by atoms with Gasteiger partial charge in [0.25, 0.3) is 5.91 Å². The van der Waals surface area contributed by atoms with Gasteiger partial charge in [-0.15, -0.1) is 0 Å². The van der Waals surface area contributed by atoms with Gasteiger partial charge in [-0.1, -0.05) is 37.3 Å². The summed E-state index contributed by atoms with van der Waals surface area (Å²) in [6, 6.07) is 12.3. The fourth-order valence-electron chi connectivity index (χ4n) is 4.32. The van der Waals surface area contributed by atoms with Gasteiger partial charge in [0.1, 0.15) is 5.58 Å². The topological polar surface area (TPSA) is 84.7 Å². The molecular weight excluding hydrogens is 426 g/mol. The van der Waals surface area contributed by atoms with Gasteiger partial charge in [0, 0.05) is 18.7 Å². The van der Waals surface area contributed by atoms with Crippen LogP contribution in [0.5, 0.6) is 0 Å². The second kappa shape index (κ2) is 8.54. The van der Waals surface area contributed by atoms with Crippen LogP contribution < -0.4 is 5.43 Å². The zero-order valence-electron chi connectivity index (χ0n) is 18.6. The summed E-state index contributed by atoms with van der Waals surface area (Å²) in [5, 5.41) is 0.434. The van der Waals surface area contributed by atoms with E-state index in [1.54, 1.807) is 11.0 Å². The summed E-state index contributed by atoms with van der Waals surface area (Å²) in [7, 11) is -3.20. The molecule has 1 atom stereocenters. The molecular formula is C25H27NO5S. The van der Waals surface area contributed by atoms with Crippen LogP contribution in [0, 0.1) is 13.8 Å². The Kier molecular flexibility index (Phi) is 5.95. The predicted octanol–water partition coefficient (Wildman–Crippen LogP) is 3.80. The Hall–Kier alpha value is -2.93. The van der Waals surface area contributed by atoms with Crippen molar-refractivity contribution in [1.82, 2.24) is 4.90 Å². The number of rotatable bonds is 5. The van der Waals surface area contributed by atoms with Crippen LogP contribution in [0.4, 0.5) is 0 Å². The van der Waals surface area contributed by atoms with E-state index < -0.39 is 21.8 Å². The van der Waals surface area contributed by atoms with Crippen molar-refractivity contribution in [3.8, 4) is 0 Å². The fraction of sp³-hybridized carbons (Fsp3) is 0.360. The van der Waals surface area contributed by atoms with E-state index in [1.807, 2.05) is 44.2 Å². The van der Waals surface area contributed by atoms with Gasteiger partial charge in [0.2, 0.25) is 0 Å². The zero-order valence-corrected chi connectivity index (χ0v) is 19.4. The van der Waals surface area contributed by atoms with Crippen LogP contribution in [-0.4, -0.2) is 36.8 Å². The fourth-order valence-corrected chi connectivity index (χ4v) is 6.05. The molecule has 2 aromatic carbocycles. The number of carbonyl (C=O) groups is 1. The highest BCUT2D eigenvalue weighted by Crippen LogP contribution is 2.25. The Morgan fingerprint density at radius 2 is 1.78 bits per heavy atom. The van der Waals surface area contributed by atoms with E-state index in [4.69, 9.17) is 4.42 Å². The Bertz CT molecular complexity index is 1340. The van der Waals surface area contributed by atoms with E-state index in [-0.39, 0.29) is 29.2 Å². The van der Waals surface area contributed by atoms with Gasteiger partial charge in [-0.05, 0) is 55.0 Å². The molecule has 1 fully saturated rings. The molecule has 1 saturated heterocycles. The molecule has 1 unspecified atom stereocenters. The van der Waals surface area contributed by atoms with Crippen molar-refractivity contribution in [3.63, 3.8) is 0 Å². The second-order valence-corrected chi connectivity index (χ2v) is 10.8. The first kappa shape index (κ1) is 22.3. The highest BCUT2D eigenvalue weighted by Gasteiger charge is 2.36. The van der Waals surface area contributed by atoms with Crippen molar-refractivity contribution in [2.24, 2.45) is 0 Å². The molecule has 0 bridgehead atoms. The quantitative estimate of drug-likeness (QED) is 0.587. The van der Waals surface area contributed by atoms with Crippen LogP contribution in [0.25, 0.3) is 11.0 Å². The summed E-state index contributed by atoms with van der Waals surface area (Å²) in [5.41, 5.74) is 3.90. The average molecular weight is 454 g/mol. The maximum atomic E-state index is 13.5. The number of benzene rings is 2. The third-order valence-corrected chi connectivity index (χ3v) is 7.81. The Balaban J connectivity index is 1.74. The molecule has 0 N–H and O–H groups in total. The molecule has 32 heavy (non-hydrogen) atoms. The molecule has 4 rings (SSSR count). The van der Waals surface area contributed by atoms with Crippen molar-refractivity contribution in [2.75, 3.05) is 11.5 Å².